The minimum absolute atomic E-state index is 0.0729. The van der Waals surface area contributed by atoms with Gasteiger partial charge in [0.1, 0.15) is 12.4 Å². The molecule has 9 heteroatoms. The number of imidazole rings is 1. The number of sulfonamides is 1. The molecule has 32 heavy (non-hydrogen) atoms. The molecule has 1 heterocycles. The molecule has 0 amide bonds. The lowest BCUT2D eigenvalue weighted by Gasteiger charge is -2.58. The molecule has 4 aliphatic rings. The van der Waals surface area contributed by atoms with Gasteiger partial charge in [-0.3, -0.25) is 4.79 Å². The largest absolute Gasteiger partial charge is 0.457 e. The first-order chi connectivity index (χ1) is 15.1. The van der Waals surface area contributed by atoms with Gasteiger partial charge in [0.25, 0.3) is 0 Å². The summed E-state index contributed by atoms with van der Waals surface area (Å²) in [5, 5.41) is 0. The summed E-state index contributed by atoms with van der Waals surface area (Å²) in [5.74, 6) is 1.53. The number of benzene rings is 1. The number of nitrogens with zero attached hydrogens (tertiary/aromatic N) is 3. The Morgan fingerprint density at radius 2 is 1.94 bits per heavy atom. The molecule has 4 fully saturated rings. The summed E-state index contributed by atoms with van der Waals surface area (Å²) in [6.07, 6.45) is 5.70. The highest BCUT2D eigenvalue weighted by Crippen LogP contribution is 2.64. The number of rotatable bonds is 6. The van der Waals surface area contributed by atoms with Crippen LogP contribution in [-0.2, 0) is 32.7 Å². The third-order valence-electron chi connectivity index (χ3n) is 7.65. The Balaban J connectivity index is 1.39. The Morgan fingerprint density at radius 1 is 1.25 bits per heavy atom. The van der Waals surface area contributed by atoms with Crippen molar-refractivity contribution < 1.29 is 17.9 Å². The van der Waals surface area contributed by atoms with Crippen molar-refractivity contribution in [2.24, 2.45) is 17.3 Å². The average molecular weight is 480 g/mol. The van der Waals surface area contributed by atoms with E-state index in [2.05, 4.69) is 4.98 Å². The van der Waals surface area contributed by atoms with E-state index >= 15 is 0 Å². The highest BCUT2D eigenvalue weighted by atomic mass is 35.5. The molecule has 174 valence electrons. The molecular weight excluding hydrogens is 450 g/mol. The first-order valence-electron chi connectivity index (χ1n) is 11.3. The Hall–Kier alpha value is -1.64. The van der Waals surface area contributed by atoms with Crippen LogP contribution in [0.2, 0.25) is 0 Å². The fraction of sp³-hybridized carbons (Fsp3) is 0.652. The van der Waals surface area contributed by atoms with Crippen LogP contribution in [0, 0.1) is 17.3 Å². The Kier molecular flexibility index (Phi) is 5.15. The number of hydrogen-bond acceptors (Lipinski definition) is 5. The monoisotopic (exact) mass is 479 g/mol. The van der Waals surface area contributed by atoms with E-state index < -0.39 is 15.4 Å². The standard InChI is InChI=1S/C23H30ClN3O4S/c1-4-27-19-6-5-17(32(29,30)26(2)3)8-18(19)25-20(27)13-31-21(28)22-9-15-7-16(10-22)12-23(24,11-15)14-22/h5-6,8,15-16H,4,7,9-14H2,1-3H3. The number of esters is 1. The normalized spacial score (nSPS) is 31.5. The van der Waals surface area contributed by atoms with E-state index in [1.54, 1.807) is 18.2 Å². The second-order valence-electron chi connectivity index (χ2n) is 10.2. The minimum atomic E-state index is -3.55. The van der Waals surface area contributed by atoms with Crippen LogP contribution in [0.15, 0.2) is 23.1 Å². The molecule has 2 aromatic rings. The van der Waals surface area contributed by atoms with E-state index in [0.29, 0.717) is 36.1 Å². The van der Waals surface area contributed by atoms with Crippen LogP contribution < -0.4 is 0 Å². The van der Waals surface area contributed by atoms with E-state index in [4.69, 9.17) is 16.3 Å². The maximum absolute atomic E-state index is 13.3. The number of aryl methyl sites for hydroxylation is 1. The summed E-state index contributed by atoms with van der Waals surface area (Å²) in [7, 11) is -0.541. The number of carbonyl (C=O) groups excluding carboxylic acids is 1. The number of aromatic nitrogens is 2. The highest BCUT2D eigenvalue weighted by molar-refractivity contribution is 7.89. The lowest BCUT2D eigenvalue weighted by Crippen LogP contribution is -2.56. The molecule has 0 aliphatic heterocycles. The van der Waals surface area contributed by atoms with Crippen LogP contribution in [0.5, 0.6) is 0 Å². The lowest BCUT2D eigenvalue weighted by atomic mass is 9.49. The Labute approximate surface area is 194 Å². The molecule has 1 aromatic heterocycles. The topological polar surface area (TPSA) is 81.5 Å². The van der Waals surface area contributed by atoms with E-state index in [9.17, 15) is 13.2 Å². The summed E-state index contributed by atoms with van der Waals surface area (Å²) in [4.78, 5) is 17.9. The van der Waals surface area contributed by atoms with Crippen molar-refractivity contribution >= 4 is 38.6 Å². The van der Waals surface area contributed by atoms with Crippen LogP contribution in [-0.4, -0.2) is 47.2 Å². The summed E-state index contributed by atoms with van der Waals surface area (Å²) in [6.45, 7) is 2.71. The number of ether oxygens (including phenoxy) is 1. The van der Waals surface area contributed by atoms with Crippen LogP contribution in [0.3, 0.4) is 0 Å². The van der Waals surface area contributed by atoms with Crippen molar-refractivity contribution in [3.63, 3.8) is 0 Å². The van der Waals surface area contributed by atoms with Crippen molar-refractivity contribution in [1.82, 2.24) is 13.9 Å². The van der Waals surface area contributed by atoms with E-state index in [0.717, 1.165) is 31.2 Å². The molecule has 0 radical (unpaired) electrons. The van der Waals surface area contributed by atoms with Gasteiger partial charge in [-0.2, -0.15) is 0 Å². The quantitative estimate of drug-likeness (QED) is 0.463. The van der Waals surface area contributed by atoms with Crippen LogP contribution in [0.4, 0.5) is 0 Å². The van der Waals surface area contributed by atoms with Gasteiger partial charge in [0.05, 0.1) is 21.3 Å². The predicted octanol–water partition coefficient (Wildman–Crippen LogP) is 3.93. The number of carbonyl (C=O) groups is 1. The summed E-state index contributed by atoms with van der Waals surface area (Å²) >= 11 is 6.88. The van der Waals surface area contributed by atoms with Gasteiger partial charge >= 0.3 is 5.97 Å². The Bertz CT molecular complexity index is 1180. The molecule has 0 spiro atoms. The van der Waals surface area contributed by atoms with E-state index in [1.165, 1.54) is 24.8 Å². The van der Waals surface area contributed by atoms with Gasteiger partial charge in [-0.15, -0.1) is 11.6 Å². The van der Waals surface area contributed by atoms with E-state index in [1.807, 2.05) is 11.5 Å². The summed E-state index contributed by atoms with van der Waals surface area (Å²) in [6, 6.07) is 4.94. The van der Waals surface area contributed by atoms with E-state index in [-0.39, 0.29) is 22.3 Å². The predicted molar refractivity (Wildman–Crippen MR) is 122 cm³/mol. The molecule has 4 aliphatic carbocycles. The zero-order valence-corrected chi connectivity index (χ0v) is 20.4. The third-order valence-corrected chi connectivity index (χ3v) is 9.90. The SMILES string of the molecule is CCn1c(COC(=O)C23CC4CC(CC(Cl)(C4)C2)C3)nc2cc(S(=O)(=O)N(C)C)ccc21. The van der Waals surface area contributed by atoms with Gasteiger partial charge in [-0.1, -0.05) is 0 Å². The number of halogens is 1. The fourth-order valence-electron chi connectivity index (χ4n) is 6.67. The van der Waals surface area contributed by atoms with Gasteiger partial charge in [-0.05, 0) is 75.5 Å². The second kappa shape index (κ2) is 7.43. The molecule has 4 bridgehead atoms. The van der Waals surface area contributed by atoms with Crippen molar-refractivity contribution in [3.8, 4) is 0 Å². The first-order valence-corrected chi connectivity index (χ1v) is 13.1. The summed E-state index contributed by atoms with van der Waals surface area (Å²) < 4.78 is 34.0. The van der Waals surface area contributed by atoms with Crippen LogP contribution in [0.25, 0.3) is 11.0 Å². The molecule has 0 saturated heterocycles. The number of alkyl halides is 1. The fourth-order valence-corrected chi connectivity index (χ4v) is 8.28. The van der Waals surface area contributed by atoms with Crippen molar-refractivity contribution in [2.45, 2.75) is 68.4 Å². The molecule has 4 saturated carbocycles. The summed E-state index contributed by atoms with van der Waals surface area (Å²) in [5.41, 5.74) is 0.947. The van der Waals surface area contributed by atoms with Crippen LogP contribution in [0.1, 0.15) is 51.3 Å². The molecular formula is C23H30ClN3O4S. The molecule has 2 unspecified atom stereocenters. The maximum Gasteiger partial charge on any atom is 0.312 e. The maximum atomic E-state index is 13.3. The second-order valence-corrected chi connectivity index (χ2v) is 13.1. The number of fused-ring (bicyclic) bond motifs is 1. The zero-order chi connectivity index (χ0) is 22.9. The molecule has 2 atom stereocenters. The first kappa shape index (κ1) is 22.2. The number of hydrogen-bond donors (Lipinski definition) is 0. The molecule has 6 rings (SSSR count). The minimum Gasteiger partial charge on any atom is -0.457 e. The Morgan fingerprint density at radius 3 is 2.53 bits per heavy atom. The average Bonchev–Trinajstić information content (AvgIpc) is 3.06. The van der Waals surface area contributed by atoms with Crippen LogP contribution >= 0.6 is 11.6 Å². The van der Waals surface area contributed by atoms with Gasteiger partial charge in [0.15, 0.2) is 0 Å². The third kappa shape index (κ3) is 3.46. The smallest absolute Gasteiger partial charge is 0.312 e. The highest BCUT2D eigenvalue weighted by Gasteiger charge is 2.60. The van der Waals surface area contributed by atoms with Gasteiger partial charge in [0, 0.05) is 25.5 Å². The van der Waals surface area contributed by atoms with Gasteiger partial charge < -0.3 is 9.30 Å². The molecule has 1 aromatic carbocycles. The van der Waals surface area contributed by atoms with Crippen molar-refractivity contribution in [3.05, 3.63) is 24.0 Å². The zero-order valence-electron chi connectivity index (χ0n) is 18.8. The lowest BCUT2D eigenvalue weighted by molar-refractivity contribution is -0.171. The van der Waals surface area contributed by atoms with Gasteiger partial charge in [0.2, 0.25) is 10.0 Å². The van der Waals surface area contributed by atoms with Crippen molar-refractivity contribution in [2.75, 3.05) is 14.1 Å². The van der Waals surface area contributed by atoms with Gasteiger partial charge in [-0.25, -0.2) is 17.7 Å². The van der Waals surface area contributed by atoms with Crippen molar-refractivity contribution in [1.29, 1.82) is 0 Å². The molecule has 0 N–H and O–H groups in total. The molecule has 7 nitrogen and oxygen atoms in total.